The van der Waals surface area contributed by atoms with Gasteiger partial charge in [-0.1, -0.05) is 78.3 Å². The minimum Gasteiger partial charge on any atom is -0.444 e. The third-order valence-electron chi connectivity index (χ3n) is 6.23. The van der Waals surface area contributed by atoms with Gasteiger partial charge in [-0.3, -0.25) is 0 Å². The maximum atomic E-state index is 12.3. The van der Waals surface area contributed by atoms with E-state index in [1.165, 1.54) is 0 Å². The van der Waals surface area contributed by atoms with E-state index in [9.17, 15) is 20.0 Å². The van der Waals surface area contributed by atoms with E-state index in [1.807, 2.05) is 53.1 Å². The monoisotopic (exact) mass is 599 g/mol. The van der Waals surface area contributed by atoms with E-state index in [2.05, 4.69) is 32.2 Å². The first-order valence-electron chi connectivity index (χ1n) is 13.3. The lowest BCUT2D eigenvalue weighted by Crippen LogP contribution is -2.20. The second-order valence-electron chi connectivity index (χ2n) is 9.04. The van der Waals surface area contributed by atoms with Crippen LogP contribution < -0.4 is 0 Å². The van der Waals surface area contributed by atoms with Crippen LogP contribution in [0.3, 0.4) is 0 Å². The number of halogens is 1. The Morgan fingerprint density at radius 3 is 2.52 bits per heavy atom. The smallest absolute Gasteiger partial charge is 0.444 e. The lowest BCUT2D eigenvalue weighted by molar-refractivity contribution is -0.758. The Morgan fingerprint density at radius 1 is 1.07 bits per heavy atom. The van der Waals surface area contributed by atoms with E-state index >= 15 is 0 Å². The molecule has 0 aliphatic carbocycles. The summed E-state index contributed by atoms with van der Waals surface area (Å²) in [7, 11) is 0. The predicted molar refractivity (Wildman–Crippen MR) is 150 cm³/mol. The standard InChI is InChI=1S/C27H30ClN7O7/c1-2-3-8-24-29-25(28)23(18-36)33(24)17-19-9-11-20(12-10-19)21-6-4-5-7-22(21)26-30-32-34(31-26)27(37)41-15-13-40-14-16-42-35(38)39/h4-7,9-12,36H,2-3,8,13-18H2,1H3. The Hall–Kier alpha value is -4.40. The molecule has 0 spiro atoms. The number of aliphatic hydroxyl groups excluding tert-OH is 1. The van der Waals surface area contributed by atoms with Gasteiger partial charge in [0.1, 0.15) is 19.0 Å². The van der Waals surface area contributed by atoms with Crippen molar-refractivity contribution in [2.24, 2.45) is 0 Å². The average Bonchev–Trinajstić information content (AvgIpc) is 3.60. The quantitative estimate of drug-likeness (QED) is 0.119. The van der Waals surface area contributed by atoms with E-state index in [4.69, 9.17) is 21.1 Å². The summed E-state index contributed by atoms with van der Waals surface area (Å²) < 4.78 is 12.1. The molecule has 0 radical (unpaired) electrons. The molecule has 0 saturated heterocycles. The summed E-state index contributed by atoms with van der Waals surface area (Å²) in [6.45, 7) is 2.10. The van der Waals surface area contributed by atoms with E-state index in [-0.39, 0.29) is 38.9 Å². The highest BCUT2D eigenvalue weighted by molar-refractivity contribution is 6.30. The summed E-state index contributed by atoms with van der Waals surface area (Å²) >= 11 is 6.29. The molecule has 42 heavy (non-hydrogen) atoms. The van der Waals surface area contributed by atoms with Gasteiger partial charge in [0.2, 0.25) is 5.82 Å². The maximum Gasteiger partial charge on any atom is 0.453 e. The topological polar surface area (TPSA) is 170 Å². The number of carbonyl (C=O) groups is 1. The highest BCUT2D eigenvalue weighted by Crippen LogP contribution is 2.30. The fourth-order valence-electron chi connectivity index (χ4n) is 4.19. The lowest BCUT2D eigenvalue weighted by atomic mass is 9.98. The molecule has 0 aliphatic heterocycles. The van der Waals surface area contributed by atoms with Crippen LogP contribution in [-0.4, -0.2) is 72.5 Å². The number of carbonyl (C=O) groups excluding carboxylic acids is 1. The van der Waals surface area contributed by atoms with Crippen molar-refractivity contribution in [3.63, 3.8) is 0 Å². The number of rotatable bonds is 15. The van der Waals surface area contributed by atoms with Crippen molar-refractivity contribution >= 4 is 17.7 Å². The number of ether oxygens (including phenoxy) is 2. The highest BCUT2D eigenvalue weighted by Gasteiger charge is 2.18. The van der Waals surface area contributed by atoms with Crippen molar-refractivity contribution in [2.75, 3.05) is 26.4 Å². The number of unbranched alkanes of at least 4 members (excludes halogenated alkanes) is 1. The number of aliphatic hydroxyl groups is 1. The first-order chi connectivity index (χ1) is 20.4. The number of hydrogen-bond acceptors (Lipinski definition) is 11. The third kappa shape index (κ3) is 7.87. The summed E-state index contributed by atoms with van der Waals surface area (Å²) in [4.78, 5) is 31.7. The molecular formula is C27H30ClN7O7. The van der Waals surface area contributed by atoms with Crippen molar-refractivity contribution in [3.8, 4) is 22.5 Å². The fraction of sp³-hybridized carbons (Fsp3) is 0.370. The van der Waals surface area contributed by atoms with Crippen LogP contribution in [0.15, 0.2) is 48.5 Å². The van der Waals surface area contributed by atoms with Crippen LogP contribution in [0.25, 0.3) is 22.5 Å². The molecule has 0 saturated carbocycles. The Balaban J connectivity index is 1.42. The van der Waals surface area contributed by atoms with E-state index in [0.717, 1.165) is 46.6 Å². The van der Waals surface area contributed by atoms with Crippen LogP contribution in [0.4, 0.5) is 4.79 Å². The Labute approximate surface area is 245 Å². The first-order valence-corrected chi connectivity index (χ1v) is 13.6. The zero-order valence-electron chi connectivity index (χ0n) is 22.9. The second kappa shape index (κ2) is 15.0. The third-order valence-corrected chi connectivity index (χ3v) is 6.54. The molecule has 0 fully saturated rings. The number of aromatic nitrogens is 6. The molecule has 2 aromatic heterocycles. The van der Waals surface area contributed by atoms with Crippen LogP contribution in [0.2, 0.25) is 5.15 Å². The number of tetrazole rings is 1. The molecular weight excluding hydrogens is 570 g/mol. The van der Waals surface area contributed by atoms with Gasteiger partial charge < -0.3 is 24.0 Å². The second-order valence-corrected chi connectivity index (χ2v) is 9.40. The maximum absolute atomic E-state index is 12.3. The van der Waals surface area contributed by atoms with Gasteiger partial charge in [0.05, 0.1) is 25.5 Å². The van der Waals surface area contributed by atoms with Gasteiger partial charge >= 0.3 is 6.09 Å². The number of benzene rings is 2. The van der Waals surface area contributed by atoms with Crippen molar-refractivity contribution in [2.45, 2.75) is 39.3 Å². The Bertz CT molecular complexity index is 1490. The Kier molecular flexibility index (Phi) is 10.9. The largest absolute Gasteiger partial charge is 0.453 e. The minimum atomic E-state index is -0.915. The molecule has 222 valence electrons. The molecule has 4 rings (SSSR count). The van der Waals surface area contributed by atoms with Gasteiger partial charge in [-0.05, 0) is 28.3 Å². The number of nitrogens with zero attached hydrogens (tertiary/aromatic N) is 7. The molecule has 2 aromatic carbocycles. The minimum absolute atomic E-state index is 0.0163. The molecule has 0 amide bonds. The van der Waals surface area contributed by atoms with Crippen LogP contribution in [0, 0.1) is 10.1 Å². The Morgan fingerprint density at radius 2 is 1.81 bits per heavy atom. The first kappa shape index (κ1) is 30.6. The SMILES string of the molecule is CCCCc1nc(Cl)c(CO)n1Cc1ccc(-c2ccccc2-c2nnn(C(=O)OCCOCCO[N+](=O)[O-])n2)cc1. The van der Waals surface area contributed by atoms with Crippen LogP contribution in [0.1, 0.15) is 36.8 Å². The van der Waals surface area contributed by atoms with Gasteiger partial charge in [0.25, 0.3) is 5.09 Å². The predicted octanol–water partition coefficient (Wildman–Crippen LogP) is 3.95. The average molecular weight is 600 g/mol. The molecule has 15 heteroatoms. The number of aryl methyl sites for hydroxylation is 1. The van der Waals surface area contributed by atoms with Crippen LogP contribution in [0.5, 0.6) is 0 Å². The van der Waals surface area contributed by atoms with Gasteiger partial charge in [0, 0.05) is 18.5 Å². The van der Waals surface area contributed by atoms with E-state index in [0.29, 0.717) is 23.0 Å². The zero-order valence-corrected chi connectivity index (χ0v) is 23.6. The zero-order chi connectivity index (χ0) is 29.9. The molecule has 2 heterocycles. The van der Waals surface area contributed by atoms with Gasteiger partial charge in [0.15, 0.2) is 5.15 Å². The van der Waals surface area contributed by atoms with Crippen LogP contribution >= 0.6 is 11.6 Å². The number of imidazole rings is 1. The van der Waals surface area contributed by atoms with Crippen molar-refractivity contribution in [3.05, 3.63) is 80.9 Å². The molecule has 14 nitrogen and oxygen atoms in total. The summed E-state index contributed by atoms with van der Waals surface area (Å²) in [5, 5.41) is 31.4. The van der Waals surface area contributed by atoms with Crippen molar-refractivity contribution in [1.82, 2.24) is 29.8 Å². The molecule has 1 N–H and O–H groups in total. The number of hydrogen-bond donors (Lipinski definition) is 1. The summed E-state index contributed by atoms with van der Waals surface area (Å²) in [6.07, 6.45) is 1.93. The molecule has 0 bridgehead atoms. The van der Waals surface area contributed by atoms with Gasteiger partial charge in [-0.15, -0.1) is 20.3 Å². The molecule has 0 aliphatic rings. The molecule has 0 atom stereocenters. The summed E-state index contributed by atoms with van der Waals surface area (Å²) in [5.74, 6) is 1.09. The van der Waals surface area contributed by atoms with Gasteiger partial charge in [-0.2, -0.15) is 0 Å². The fourth-order valence-corrected chi connectivity index (χ4v) is 4.45. The molecule has 0 unspecified atom stereocenters. The summed E-state index contributed by atoms with van der Waals surface area (Å²) in [6, 6.07) is 15.4. The highest BCUT2D eigenvalue weighted by atomic mass is 35.5. The summed E-state index contributed by atoms with van der Waals surface area (Å²) in [5.41, 5.74) is 4.03. The normalized spacial score (nSPS) is 11.0. The molecule has 4 aromatic rings. The van der Waals surface area contributed by atoms with E-state index in [1.54, 1.807) is 0 Å². The van der Waals surface area contributed by atoms with Gasteiger partial charge in [-0.25, -0.2) is 9.78 Å². The van der Waals surface area contributed by atoms with Crippen molar-refractivity contribution in [1.29, 1.82) is 0 Å². The van der Waals surface area contributed by atoms with Crippen molar-refractivity contribution < 1.29 is 29.3 Å². The van der Waals surface area contributed by atoms with Crippen LogP contribution in [-0.2, 0) is 33.9 Å². The van der Waals surface area contributed by atoms with E-state index < -0.39 is 11.2 Å². The lowest BCUT2D eigenvalue weighted by Gasteiger charge is -2.12.